The van der Waals surface area contributed by atoms with Gasteiger partial charge in [0.25, 0.3) is 0 Å². The Balaban J connectivity index is 2.24. The number of hydrogen-bond acceptors (Lipinski definition) is 5. The summed E-state index contributed by atoms with van der Waals surface area (Å²) < 4.78 is 4.14. The average molecular weight is 281 g/mol. The van der Waals surface area contributed by atoms with Gasteiger partial charge in [0.1, 0.15) is 0 Å². The molecule has 0 saturated carbocycles. The second kappa shape index (κ2) is 6.97. The molecule has 3 nitrogen and oxygen atoms in total. The molecule has 98 valence electrons. The quantitative estimate of drug-likeness (QED) is 0.842. The Hall–Kier alpha value is -0.780. The summed E-state index contributed by atoms with van der Waals surface area (Å²) in [4.78, 5) is 2.64. The number of nitrogens with zero attached hydrogens (tertiary/aromatic N) is 2. The third-order valence-corrected chi connectivity index (χ3v) is 4.53. The van der Waals surface area contributed by atoms with Crippen LogP contribution in [0.5, 0.6) is 0 Å². The monoisotopic (exact) mass is 281 g/mol. The molecule has 2 aromatic rings. The topological polar surface area (TPSA) is 37.8 Å². The Bertz CT molecular complexity index is 451. The van der Waals surface area contributed by atoms with Crippen LogP contribution >= 0.6 is 22.9 Å². The first-order valence-corrected chi connectivity index (χ1v) is 8.10. The smallest absolute Gasteiger partial charge is 0.0807 e. The van der Waals surface area contributed by atoms with Gasteiger partial charge < -0.3 is 5.32 Å². The van der Waals surface area contributed by atoms with Crippen LogP contribution in [0.3, 0.4) is 0 Å². The number of rotatable bonds is 7. The second-order valence-electron chi connectivity index (χ2n) is 4.24. The highest BCUT2D eigenvalue weighted by atomic mass is 32.1. The number of aryl methyl sites for hydroxylation is 1. The van der Waals surface area contributed by atoms with E-state index in [0.29, 0.717) is 0 Å². The van der Waals surface area contributed by atoms with Crippen LogP contribution in [-0.4, -0.2) is 16.1 Å². The van der Waals surface area contributed by atoms with E-state index < -0.39 is 0 Å². The third-order valence-electron chi connectivity index (χ3n) is 2.76. The zero-order chi connectivity index (χ0) is 12.8. The minimum absolute atomic E-state index is 0.270. The van der Waals surface area contributed by atoms with E-state index in [1.54, 1.807) is 11.3 Å². The lowest BCUT2D eigenvalue weighted by atomic mass is 10.1. The van der Waals surface area contributed by atoms with E-state index in [9.17, 15) is 0 Å². The molecule has 0 aliphatic rings. The molecule has 5 heteroatoms. The number of aromatic nitrogens is 2. The Morgan fingerprint density at radius 2 is 2.22 bits per heavy atom. The molecule has 0 aliphatic heterocycles. The van der Waals surface area contributed by atoms with Crippen molar-refractivity contribution in [3.8, 4) is 0 Å². The number of hydrogen-bond donors (Lipinski definition) is 1. The van der Waals surface area contributed by atoms with Crippen molar-refractivity contribution in [2.45, 2.75) is 39.2 Å². The normalized spacial score (nSPS) is 12.8. The van der Waals surface area contributed by atoms with Gasteiger partial charge in [-0.2, -0.15) is 0 Å². The van der Waals surface area contributed by atoms with E-state index in [4.69, 9.17) is 0 Å². The van der Waals surface area contributed by atoms with Gasteiger partial charge in [-0.25, -0.2) is 0 Å². The fourth-order valence-corrected chi connectivity index (χ4v) is 3.59. The molecular formula is C13H19N3S2. The van der Waals surface area contributed by atoms with Gasteiger partial charge in [-0.3, -0.25) is 0 Å². The Morgan fingerprint density at radius 1 is 1.33 bits per heavy atom. The van der Waals surface area contributed by atoms with Crippen molar-refractivity contribution in [1.82, 2.24) is 14.9 Å². The molecule has 1 unspecified atom stereocenters. The van der Waals surface area contributed by atoms with Crippen molar-refractivity contribution in [3.63, 3.8) is 0 Å². The van der Waals surface area contributed by atoms with Gasteiger partial charge in [-0.15, -0.1) is 16.4 Å². The fourth-order valence-electron chi connectivity index (χ4n) is 1.91. The zero-order valence-electron chi connectivity index (χ0n) is 10.8. The van der Waals surface area contributed by atoms with Crippen molar-refractivity contribution in [2.75, 3.05) is 6.54 Å². The Morgan fingerprint density at radius 3 is 2.89 bits per heavy atom. The van der Waals surface area contributed by atoms with Crippen molar-refractivity contribution >= 4 is 22.9 Å². The van der Waals surface area contributed by atoms with Crippen molar-refractivity contribution in [2.24, 2.45) is 0 Å². The molecule has 0 spiro atoms. The molecule has 0 aromatic carbocycles. The summed E-state index contributed by atoms with van der Waals surface area (Å²) in [6.07, 6.45) is 3.27. The lowest BCUT2D eigenvalue weighted by Gasteiger charge is -2.16. The number of nitrogens with one attached hydrogen (secondary N) is 1. The first-order chi connectivity index (χ1) is 8.86. The molecule has 1 N–H and O–H groups in total. The summed E-state index contributed by atoms with van der Waals surface area (Å²) >= 11 is 3.32. The lowest BCUT2D eigenvalue weighted by molar-refractivity contribution is 0.606. The summed E-state index contributed by atoms with van der Waals surface area (Å²) in [7, 11) is 0. The van der Waals surface area contributed by atoms with Crippen LogP contribution in [0.25, 0.3) is 0 Å². The van der Waals surface area contributed by atoms with E-state index >= 15 is 0 Å². The zero-order valence-corrected chi connectivity index (χ0v) is 12.5. The van der Waals surface area contributed by atoms with Crippen LogP contribution in [0.2, 0.25) is 0 Å². The third kappa shape index (κ3) is 3.16. The largest absolute Gasteiger partial charge is 0.305 e. The summed E-state index contributed by atoms with van der Waals surface area (Å²) in [6.45, 7) is 5.39. The van der Waals surface area contributed by atoms with E-state index in [1.807, 2.05) is 0 Å². The second-order valence-corrected chi connectivity index (χ2v) is 6.00. The maximum Gasteiger partial charge on any atom is 0.0807 e. The molecule has 0 aliphatic carbocycles. The van der Waals surface area contributed by atoms with Gasteiger partial charge in [0.2, 0.25) is 0 Å². The molecule has 2 rings (SSSR count). The molecular weight excluding hydrogens is 262 g/mol. The number of thiophene rings is 1. The lowest BCUT2D eigenvalue weighted by Crippen LogP contribution is -2.22. The highest BCUT2D eigenvalue weighted by Crippen LogP contribution is 2.30. The molecule has 0 fully saturated rings. The van der Waals surface area contributed by atoms with Crippen LogP contribution in [0.15, 0.2) is 17.5 Å². The highest BCUT2D eigenvalue weighted by Gasteiger charge is 2.20. The average Bonchev–Trinajstić information content (AvgIpc) is 3.02. The molecule has 2 heterocycles. The van der Waals surface area contributed by atoms with Gasteiger partial charge >= 0.3 is 0 Å². The van der Waals surface area contributed by atoms with E-state index in [-0.39, 0.29) is 6.04 Å². The molecule has 2 aromatic heterocycles. The van der Waals surface area contributed by atoms with Gasteiger partial charge in [0.15, 0.2) is 0 Å². The van der Waals surface area contributed by atoms with Crippen LogP contribution < -0.4 is 5.32 Å². The predicted molar refractivity (Wildman–Crippen MR) is 78.4 cm³/mol. The van der Waals surface area contributed by atoms with Crippen LogP contribution in [0, 0.1) is 0 Å². The molecule has 0 bridgehead atoms. The van der Waals surface area contributed by atoms with Crippen molar-refractivity contribution in [3.05, 3.63) is 33.0 Å². The van der Waals surface area contributed by atoms with E-state index in [1.165, 1.54) is 21.3 Å². The SMILES string of the molecule is CCCNC(c1cccs1)c1snnc1CCC. The summed E-state index contributed by atoms with van der Waals surface area (Å²) in [6, 6.07) is 4.56. The fraction of sp³-hybridized carbons (Fsp3) is 0.538. The molecule has 0 amide bonds. The van der Waals surface area contributed by atoms with Crippen LogP contribution in [0.4, 0.5) is 0 Å². The van der Waals surface area contributed by atoms with Crippen molar-refractivity contribution in [1.29, 1.82) is 0 Å². The molecule has 1 atom stereocenters. The maximum absolute atomic E-state index is 4.28. The standard InChI is InChI=1S/C13H19N3S2/c1-3-6-10-13(18-16-15-10)12(14-8-4-2)11-7-5-9-17-11/h5,7,9,12,14H,3-4,6,8H2,1-2H3. The summed E-state index contributed by atoms with van der Waals surface area (Å²) in [5, 5.41) is 10.0. The van der Waals surface area contributed by atoms with Gasteiger partial charge in [0, 0.05) is 4.88 Å². The minimum atomic E-state index is 0.270. The van der Waals surface area contributed by atoms with E-state index in [2.05, 4.69) is 46.3 Å². The summed E-state index contributed by atoms with van der Waals surface area (Å²) in [5.74, 6) is 0. The van der Waals surface area contributed by atoms with Gasteiger partial charge in [0.05, 0.1) is 16.6 Å². The highest BCUT2D eigenvalue weighted by molar-refractivity contribution is 7.10. The maximum atomic E-state index is 4.28. The Labute approximate surface area is 116 Å². The van der Waals surface area contributed by atoms with E-state index in [0.717, 1.165) is 31.5 Å². The summed E-state index contributed by atoms with van der Waals surface area (Å²) in [5.41, 5.74) is 1.16. The van der Waals surface area contributed by atoms with Gasteiger partial charge in [-0.1, -0.05) is 30.8 Å². The minimum Gasteiger partial charge on any atom is -0.305 e. The van der Waals surface area contributed by atoms with Gasteiger partial charge in [-0.05, 0) is 42.4 Å². The van der Waals surface area contributed by atoms with Crippen molar-refractivity contribution < 1.29 is 0 Å². The Kier molecular flexibility index (Phi) is 5.28. The molecule has 0 radical (unpaired) electrons. The first-order valence-electron chi connectivity index (χ1n) is 6.44. The predicted octanol–water partition coefficient (Wildman–Crippen LogP) is 3.64. The molecule has 0 saturated heterocycles. The van der Waals surface area contributed by atoms with Crippen LogP contribution in [-0.2, 0) is 6.42 Å². The van der Waals surface area contributed by atoms with Crippen LogP contribution in [0.1, 0.15) is 48.2 Å². The molecule has 18 heavy (non-hydrogen) atoms. The first kappa shape index (κ1) is 13.6.